The molecule has 0 aliphatic rings. The van der Waals surface area contributed by atoms with Gasteiger partial charge in [-0.1, -0.05) is 33.6 Å². The third-order valence-corrected chi connectivity index (χ3v) is 2.89. The number of nitro benzene ring substituents is 1. The minimum absolute atomic E-state index is 0.0385. The summed E-state index contributed by atoms with van der Waals surface area (Å²) in [5, 5.41) is 11.1. The van der Waals surface area contributed by atoms with Crippen molar-refractivity contribution in [3.63, 3.8) is 0 Å². The molecule has 0 bridgehead atoms. The summed E-state index contributed by atoms with van der Waals surface area (Å²) in [4.78, 5) is 14.3. The van der Waals surface area contributed by atoms with Crippen LogP contribution in [0.25, 0.3) is 0 Å². The van der Waals surface area contributed by atoms with Crippen LogP contribution in [0, 0.1) is 10.1 Å². The fraction of sp³-hybridized carbons (Fsp3) is 0.0833. The van der Waals surface area contributed by atoms with Gasteiger partial charge >= 0.3 is 0 Å². The van der Waals surface area contributed by atoms with Crippen LogP contribution < -0.4 is 4.74 Å². The standard InChI is InChI=1S/C12H8BrClN2O3/c13-8-4-10(16(17)18)6-11(5-8)19-7-9-2-1-3-12(14)15-9/h1-6H,7H2. The maximum Gasteiger partial charge on any atom is 0.274 e. The van der Waals surface area contributed by atoms with Crippen LogP contribution in [0.1, 0.15) is 5.69 Å². The molecule has 1 heterocycles. The molecule has 0 amide bonds. The van der Waals surface area contributed by atoms with Gasteiger partial charge in [0.1, 0.15) is 17.5 Å². The molecule has 0 aliphatic heterocycles. The average Bonchev–Trinajstić information content (AvgIpc) is 2.36. The topological polar surface area (TPSA) is 65.3 Å². The molecule has 0 aliphatic carbocycles. The Hall–Kier alpha value is -1.66. The second-order valence-corrected chi connectivity index (χ2v) is 4.95. The maximum atomic E-state index is 10.7. The molecule has 0 atom stereocenters. The van der Waals surface area contributed by atoms with Crippen LogP contribution in [-0.4, -0.2) is 9.91 Å². The van der Waals surface area contributed by atoms with Crippen molar-refractivity contribution >= 4 is 33.2 Å². The fourth-order valence-corrected chi connectivity index (χ4v) is 2.07. The molecule has 7 heteroatoms. The third kappa shape index (κ3) is 3.90. The van der Waals surface area contributed by atoms with Gasteiger partial charge in [0, 0.05) is 10.5 Å². The van der Waals surface area contributed by atoms with Crippen molar-refractivity contribution in [1.29, 1.82) is 0 Å². The predicted molar refractivity (Wildman–Crippen MR) is 74.4 cm³/mol. The number of benzene rings is 1. The molecule has 0 fully saturated rings. The van der Waals surface area contributed by atoms with Gasteiger partial charge in [0.2, 0.25) is 0 Å². The number of rotatable bonds is 4. The Kier molecular flexibility index (Phi) is 4.34. The molecule has 2 aromatic rings. The molecule has 2 rings (SSSR count). The van der Waals surface area contributed by atoms with E-state index < -0.39 is 4.92 Å². The quantitative estimate of drug-likeness (QED) is 0.478. The molecule has 0 spiro atoms. The van der Waals surface area contributed by atoms with Crippen LogP contribution in [0.2, 0.25) is 5.15 Å². The summed E-state index contributed by atoms with van der Waals surface area (Å²) >= 11 is 8.95. The lowest BCUT2D eigenvalue weighted by molar-refractivity contribution is -0.385. The molecule has 5 nitrogen and oxygen atoms in total. The number of halogens is 2. The molecule has 19 heavy (non-hydrogen) atoms. The number of nitro groups is 1. The van der Waals surface area contributed by atoms with Crippen LogP contribution in [0.5, 0.6) is 5.75 Å². The van der Waals surface area contributed by atoms with Crippen molar-refractivity contribution < 1.29 is 9.66 Å². The lowest BCUT2D eigenvalue weighted by Gasteiger charge is -2.06. The first-order valence-electron chi connectivity index (χ1n) is 5.24. The third-order valence-electron chi connectivity index (χ3n) is 2.23. The van der Waals surface area contributed by atoms with Crippen molar-refractivity contribution in [1.82, 2.24) is 4.98 Å². The van der Waals surface area contributed by atoms with Gasteiger partial charge in [0.25, 0.3) is 5.69 Å². The first kappa shape index (κ1) is 13.8. The number of hydrogen-bond acceptors (Lipinski definition) is 4. The van der Waals surface area contributed by atoms with E-state index >= 15 is 0 Å². The Bertz CT molecular complexity index is 622. The number of pyridine rings is 1. The number of non-ortho nitro benzene ring substituents is 1. The highest BCUT2D eigenvalue weighted by Gasteiger charge is 2.09. The Morgan fingerprint density at radius 1 is 1.37 bits per heavy atom. The summed E-state index contributed by atoms with van der Waals surface area (Å²) in [5.74, 6) is 0.392. The summed E-state index contributed by atoms with van der Waals surface area (Å²) in [6.07, 6.45) is 0. The SMILES string of the molecule is O=[N+]([O-])c1cc(Br)cc(OCc2cccc(Cl)n2)c1. The van der Waals surface area contributed by atoms with Gasteiger partial charge in [-0.15, -0.1) is 0 Å². The number of nitrogens with zero attached hydrogens (tertiary/aromatic N) is 2. The second-order valence-electron chi connectivity index (χ2n) is 3.64. The van der Waals surface area contributed by atoms with Gasteiger partial charge in [0.05, 0.1) is 16.7 Å². The Morgan fingerprint density at radius 3 is 2.84 bits per heavy atom. The van der Waals surface area contributed by atoms with Crippen molar-refractivity contribution in [2.24, 2.45) is 0 Å². The Morgan fingerprint density at radius 2 is 2.16 bits per heavy atom. The first-order valence-corrected chi connectivity index (χ1v) is 6.41. The number of ether oxygens (including phenoxy) is 1. The van der Waals surface area contributed by atoms with Crippen molar-refractivity contribution in [2.45, 2.75) is 6.61 Å². The largest absolute Gasteiger partial charge is 0.487 e. The van der Waals surface area contributed by atoms with Crippen molar-refractivity contribution in [3.05, 3.63) is 61.8 Å². The van der Waals surface area contributed by atoms with Crippen LogP contribution in [0.15, 0.2) is 40.9 Å². The predicted octanol–water partition coefficient (Wildman–Crippen LogP) is 3.98. The molecule has 0 saturated heterocycles. The van der Waals surface area contributed by atoms with Crippen LogP contribution in [0.4, 0.5) is 5.69 Å². The van der Waals surface area contributed by atoms with Crippen molar-refractivity contribution in [3.8, 4) is 5.75 Å². The minimum atomic E-state index is -0.477. The molecular formula is C12H8BrClN2O3. The number of hydrogen-bond donors (Lipinski definition) is 0. The van der Waals surface area contributed by atoms with E-state index in [2.05, 4.69) is 20.9 Å². The normalized spacial score (nSPS) is 10.2. The summed E-state index contributed by atoms with van der Waals surface area (Å²) in [6, 6.07) is 9.60. The molecule has 1 aromatic carbocycles. The molecule has 1 aromatic heterocycles. The highest BCUT2D eigenvalue weighted by atomic mass is 79.9. The maximum absolute atomic E-state index is 10.7. The van der Waals surface area contributed by atoms with E-state index in [1.807, 2.05) is 0 Å². The van der Waals surface area contributed by atoms with Crippen LogP contribution in [-0.2, 0) is 6.61 Å². The summed E-state index contributed by atoms with van der Waals surface area (Å²) in [7, 11) is 0. The van der Waals surface area contributed by atoms with Crippen LogP contribution >= 0.6 is 27.5 Å². The summed E-state index contributed by atoms with van der Waals surface area (Å²) in [5.41, 5.74) is 0.610. The molecule has 0 unspecified atom stereocenters. The van der Waals surface area contributed by atoms with E-state index in [-0.39, 0.29) is 12.3 Å². The molecule has 0 saturated carbocycles. The summed E-state index contributed by atoms with van der Waals surface area (Å²) in [6.45, 7) is 0.189. The Balaban J connectivity index is 2.13. The van der Waals surface area contributed by atoms with Gasteiger partial charge in [-0.2, -0.15) is 0 Å². The van der Waals surface area contributed by atoms with E-state index in [1.54, 1.807) is 24.3 Å². The zero-order valence-corrected chi connectivity index (χ0v) is 11.9. The second kappa shape index (κ2) is 5.99. The molecule has 0 radical (unpaired) electrons. The van der Waals surface area contributed by atoms with Crippen molar-refractivity contribution in [2.75, 3.05) is 0 Å². The van der Waals surface area contributed by atoms with E-state index in [0.717, 1.165) is 0 Å². The van der Waals surface area contributed by atoms with Gasteiger partial charge in [-0.25, -0.2) is 4.98 Å². The molecule has 0 N–H and O–H groups in total. The van der Waals surface area contributed by atoms with E-state index in [1.165, 1.54) is 12.1 Å². The summed E-state index contributed by atoms with van der Waals surface area (Å²) < 4.78 is 6.04. The monoisotopic (exact) mass is 342 g/mol. The van der Waals surface area contributed by atoms with Gasteiger partial charge < -0.3 is 4.74 Å². The van der Waals surface area contributed by atoms with E-state index in [4.69, 9.17) is 16.3 Å². The highest BCUT2D eigenvalue weighted by Crippen LogP contribution is 2.26. The van der Waals surface area contributed by atoms with Gasteiger partial charge in [-0.05, 0) is 18.2 Å². The lowest BCUT2D eigenvalue weighted by atomic mass is 10.3. The molecular weight excluding hydrogens is 336 g/mol. The smallest absolute Gasteiger partial charge is 0.274 e. The van der Waals surface area contributed by atoms with Gasteiger partial charge in [-0.3, -0.25) is 10.1 Å². The van der Waals surface area contributed by atoms with E-state index in [0.29, 0.717) is 21.1 Å². The number of aromatic nitrogens is 1. The highest BCUT2D eigenvalue weighted by molar-refractivity contribution is 9.10. The average molecular weight is 344 g/mol. The lowest BCUT2D eigenvalue weighted by Crippen LogP contribution is -1.99. The molecule has 98 valence electrons. The minimum Gasteiger partial charge on any atom is -0.487 e. The first-order chi connectivity index (χ1) is 9.04. The van der Waals surface area contributed by atoms with E-state index in [9.17, 15) is 10.1 Å². The zero-order valence-electron chi connectivity index (χ0n) is 9.55. The van der Waals surface area contributed by atoms with Crippen LogP contribution in [0.3, 0.4) is 0 Å². The van der Waals surface area contributed by atoms with Gasteiger partial charge in [0.15, 0.2) is 0 Å². The zero-order chi connectivity index (χ0) is 13.8. The Labute approximate surface area is 122 Å². The fourth-order valence-electron chi connectivity index (χ4n) is 1.42.